The molecule has 1 heterocycles. The molecular weight excluding hydrogens is 440 g/mol. The van der Waals surface area contributed by atoms with Crippen LogP contribution in [0.5, 0.6) is 0 Å². The zero-order valence-corrected chi connectivity index (χ0v) is 17.4. The number of piperazine rings is 1. The Morgan fingerprint density at radius 3 is 2.03 bits per heavy atom. The fourth-order valence-electron chi connectivity index (χ4n) is 3.07. The van der Waals surface area contributed by atoms with Gasteiger partial charge in [0.1, 0.15) is 11.6 Å². The van der Waals surface area contributed by atoms with Crippen molar-refractivity contribution in [3.05, 3.63) is 64.2 Å². The number of amides is 2. The number of rotatable bonds is 4. The van der Waals surface area contributed by atoms with Gasteiger partial charge >= 0.3 is 0 Å². The highest BCUT2D eigenvalue weighted by atomic mass is 35.5. The smallest absolute Gasteiger partial charge is 0.256 e. The van der Waals surface area contributed by atoms with Crippen LogP contribution < -0.4 is 4.72 Å². The van der Waals surface area contributed by atoms with Gasteiger partial charge in [0.15, 0.2) is 0 Å². The molecule has 0 unspecified atom stereocenters. The van der Waals surface area contributed by atoms with Gasteiger partial charge in [0.05, 0.1) is 21.0 Å². The minimum absolute atomic E-state index is 0.0110. The Kier molecular flexibility index (Phi) is 6.39. The van der Waals surface area contributed by atoms with Gasteiger partial charge in [0.2, 0.25) is 10.0 Å². The number of nitrogens with zero attached hydrogens (tertiary/aromatic N) is 2. The lowest BCUT2D eigenvalue weighted by molar-refractivity contribution is 0.0532. The molecule has 160 valence electrons. The highest BCUT2D eigenvalue weighted by Gasteiger charge is 2.28. The first-order valence-electron chi connectivity index (χ1n) is 8.90. The number of benzene rings is 2. The Bertz CT molecular complexity index is 1100. The number of carbonyl (C=O) groups is 2. The molecule has 0 radical (unpaired) electrons. The number of halogens is 3. The van der Waals surface area contributed by atoms with Crippen LogP contribution in [-0.2, 0) is 10.0 Å². The maximum atomic E-state index is 14.2. The van der Waals surface area contributed by atoms with E-state index < -0.39 is 33.5 Å². The van der Waals surface area contributed by atoms with Crippen molar-refractivity contribution in [1.82, 2.24) is 14.5 Å². The summed E-state index contributed by atoms with van der Waals surface area (Å²) >= 11 is 5.94. The second-order valence-electron chi connectivity index (χ2n) is 6.56. The van der Waals surface area contributed by atoms with E-state index in [0.29, 0.717) is 0 Å². The first-order chi connectivity index (χ1) is 14.1. The van der Waals surface area contributed by atoms with Gasteiger partial charge in [-0.15, -0.1) is 0 Å². The van der Waals surface area contributed by atoms with Crippen LogP contribution in [0.3, 0.4) is 0 Å². The Hall–Kier alpha value is -2.56. The lowest BCUT2D eigenvalue weighted by Crippen LogP contribution is -2.50. The summed E-state index contributed by atoms with van der Waals surface area (Å²) in [5.74, 6) is -2.48. The van der Waals surface area contributed by atoms with Gasteiger partial charge in [-0.1, -0.05) is 11.6 Å². The lowest BCUT2D eigenvalue weighted by Gasteiger charge is -2.35. The van der Waals surface area contributed by atoms with E-state index in [2.05, 4.69) is 4.72 Å². The third-order valence-electron chi connectivity index (χ3n) is 4.76. The van der Waals surface area contributed by atoms with E-state index in [9.17, 15) is 26.8 Å². The molecule has 2 aromatic rings. The average molecular weight is 458 g/mol. The molecule has 0 spiro atoms. The predicted molar refractivity (Wildman–Crippen MR) is 106 cm³/mol. The monoisotopic (exact) mass is 457 g/mol. The summed E-state index contributed by atoms with van der Waals surface area (Å²) in [6.07, 6.45) is 0. The molecular formula is C19H18ClF2N3O4S. The van der Waals surface area contributed by atoms with Crippen LogP contribution in [0.15, 0.2) is 41.3 Å². The molecule has 1 N–H and O–H groups in total. The fraction of sp³-hybridized carbons (Fsp3) is 0.263. The molecule has 7 nitrogen and oxygen atoms in total. The molecule has 30 heavy (non-hydrogen) atoms. The molecule has 2 aromatic carbocycles. The zero-order valence-electron chi connectivity index (χ0n) is 15.9. The van der Waals surface area contributed by atoms with Crippen LogP contribution in [0.2, 0.25) is 5.02 Å². The second-order valence-corrected chi connectivity index (χ2v) is 8.85. The number of hydrogen-bond donors (Lipinski definition) is 1. The molecule has 1 aliphatic rings. The maximum Gasteiger partial charge on any atom is 0.256 e. The van der Waals surface area contributed by atoms with Gasteiger partial charge in [-0.3, -0.25) is 9.59 Å². The standard InChI is InChI=1S/C19H18ClF2N3O4S/c1-23-30(28,29)13-3-5-17(22)15(11-13)19(27)25-8-6-24(7-9-25)18(26)14-4-2-12(21)10-16(14)20/h2-5,10-11,23H,6-9H2,1H3. The van der Waals surface area contributed by atoms with Gasteiger partial charge in [-0.25, -0.2) is 21.9 Å². The van der Waals surface area contributed by atoms with E-state index in [0.717, 1.165) is 30.3 Å². The van der Waals surface area contributed by atoms with Crippen LogP contribution in [-0.4, -0.2) is 63.3 Å². The van der Waals surface area contributed by atoms with Crippen molar-refractivity contribution in [3.63, 3.8) is 0 Å². The Morgan fingerprint density at radius 1 is 0.933 bits per heavy atom. The summed E-state index contributed by atoms with van der Waals surface area (Å²) in [7, 11) is -2.63. The van der Waals surface area contributed by atoms with E-state index in [4.69, 9.17) is 11.6 Å². The molecule has 11 heteroatoms. The lowest BCUT2D eigenvalue weighted by atomic mass is 10.1. The maximum absolute atomic E-state index is 14.2. The highest BCUT2D eigenvalue weighted by molar-refractivity contribution is 7.89. The van der Waals surface area contributed by atoms with Crippen molar-refractivity contribution in [3.8, 4) is 0 Å². The minimum Gasteiger partial charge on any atom is -0.335 e. The Balaban J connectivity index is 1.73. The molecule has 0 bridgehead atoms. The summed E-state index contributed by atoms with van der Waals surface area (Å²) in [4.78, 5) is 27.9. The topological polar surface area (TPSA) is 86.8 Å². The first kappa shape index (κ1) is 22.1. The largest absolute Gasteiger partial charge is 0.335 e. The fourth-order valence-corrected chi connectivity index (χ4v) is 4.07. The third-order valence-corrected chi connectivity index (χ3v) is 6.49. The summed E-state index contributed by atoms with van der Waals surface area (Å²) < 4.78 is 53.4. The van der Waals surface area contributed by atoms with Crippen LogP contribution in [0, 0.1) is 11.6 Å². The summed E-state index contributed by atoms with van der Waals surface area (Å²) in [5.41, 5.74) is -0.221. The van der Waals surface area contributed by atoms with E-state index in [1.54, 1.807) is 0 Å². The van der Waals surface area contributed by atoms with Crippen molar-refractivity contribution < 1.29 is 26.8 Å². The minimum atomic E-state index is -3.84. The van der Waals surface area contributed by atoms with Gasteiger partial charge < -0.3 is 9.80 Å². The molecule has 0 aromatic heterocycles. The number of nitrogens with one attached hydrogen (secondary N) is 1. The Labute approximate surface area is 177 Å². The highest BCUT2D eigenvalue weighted by Crippen LogP contribution is 2.21. The van der Waals surface area contributed by atoms with E-state index in [-0.39, 0.29) is 47.2 Å². The van der Waals surface area contributed by atoms with Crippen LogP contribution >= 0.6 is 11.6 Å². The van der Waals surface area contributed by atoms with E-state index in [1.165, 1.54) is 22.9 Å². The number of sulfonamides is 1. The normalized spacial score (nSPS) is 14.7. The molecule has 3 rings (SSSR count). The first-order valence-corrected chi connectivity index (χ1v) is 10.8. The third kappa shape index (κ3) is 4.45. The van der Waals surface area contributed by atoms with Crippen molar-refractivity contribution in [2.24, 2.45) is 0 Å². The molecule has 1 saturated heterocycles. The summed E-state index contributed by atoms with van der Waals surface area (Å²) in [5, 5.41) is -0.0110. The number of carbonyl (C=O) groups excluding carboxylic acids is 2. The Morgan fingerprint density at radius 2 is 1.50 bits per heavy atom. The van der Waals surface area contributed by atoms with Crippen molar-refractivity contribution in [2.45, 2.75) is 4.90 Å². The van der Waals surface area contributed by atoms with Crippen LogP contribution in [0.1, 0.15) is 20.7 Å². The van der Waals surface area contributed by atoms with Gasteiger partial charge in [0.25, 0.3) is 11.8 Å². The quantitative estimate of drug-likeness (QED) is 0.762. The SMILES string of the molecule is CNS(=O)(=O)c1ccc(F)c(C(=O)N2CCN(C(=O)c3ccc(F)cc3Cl)CC2)c1. The van der Waals surface area contributed by atoms with Crippen LogP contribution in [0.25, 0.3) is 0 Å². The van der Waals surface area contributed by atoms with Gasteiger partial charge in [0, 0.05) is 26.2 Å². The van der Waals surface area contributed by atoms with E-state index >= 15 is 0 Å². The van der Waals surface area contributed by atoms with Crippen molar-refractivity contribution in [1.29, 1.82) is 0 Å². The molecule has 1 fully saturated rings. The number of hydrogen-bond acceptors (Lipinski definition) is 4. The molecule has 0 saturated carbocycles. The predicted octanol–water partition coefficient (Wildman–Crippen LogP) is 2.12. The summed E-state index contributed by atoms with van der Waals surface area (Å²) in [6, 6.07) is 6.45. The zero-order chi connectivity index (χ0) is 22.1. The molecule has 0 aliphatic carbocycles. The van der Waals surface area contributed by atoms with Gasteiger partial charge in [-0.2, -0.15) is 0 Å². The molecule has 2 amide bonds. The molecule has 0 atom stereocenters. The second kappa shape index (κ2) is 8.66. The molecule has 1 aliphatic heterocycles. The van der Waals surface area contributed by atoms with Crippen molar-refractivity contribution >= 4 is 33.4 Å². The average Bonchev–Trinajstić information content (AvgIpc) is 2.73. The van der Waals surface area contributed by atoms with Crippen molar-refractivity contribution in [2.75, 3.05) is 33.2 Å². The van der Waals surface area contributed by atoms with Crippen LogP contribution in [0.4, 0.5) is 8.78 Å². The summed E-state index contributed by atoms with van der Waals surface area (Å²) in [6.45, 7) is 0.556. The van der Waals surface area contributed by atoms with E-state index in [1.807, 2.05) is 0 Å². The van der Waals surface area contributed by atoms with Gasteiger partial charge in [-0.05, 0) is 43.4 Å².